The first-order valence-corrected chi connectivity index (χ1v) is 6.44. The summed E-state index contributed by atoms with van der Waals surface area (Å²) in [5.41, 5.74) is 7.26. The average Bonchev–Trinajstić information content (AvgIpc) is 3.05. The van der Waals surface area contributed by atoms with E-state index in [9.17, 15) is 0 Å². The third-order valence-electron chi connectivity index (χ3n) is 4.28. The molecule has 0 aromatic carbocycles. The van der Waals surface area contributed by atoms with Crippen molar-refractivity contribution in [1.82, 2.24) is 9.97 Å². The lowest BCUT2D eigenvalue weighted by Gasteiger charge is -2.12. The maximum absolute atomic E-state index is 5.76. The van der Waals surface area contributed by atoms with Crippen LogP contribution in [0.3, 0.4) is 0 Å². The molecule has 1 aromatic rings. The van der Waals surface area contributed by atoms with Crippen LogP contribution >= 0.6 is 0 Å². The summed E-state index contributed by atoms with van der Waals surface area (Å²) in [6.07, 6.45) is 5.64. The summed E-state index contributed by atoms with van der Waals surface area (Å²) in [4.78, 5) is 8.46. The Hall–Kier alpha value is -1.32. The lowest BCUT2D eigenvalue weighted by molar-refractivity contribution is 0.428. The zero-order valence-corrected chi connectivity index (χ0v) is 11.0. The molecule has 0 spiro atoms. The van der Waals surface area contributed by atoms with Crippen LogP contribution < -0.4 is 11.1 Å². The highest BCUT2D eigenvalue weighted by Gasteiger charge is 2.50. The smallest absolute Gasteiger partial charge is 0.224 e. The first-order valence-electron chi connectivity index (χ1n) is 6.44. The minimum Gasteiger partial charge on any atom is -0.383 e. The van der Waals surface area contributed by atoms with Gasteiger partial charge in [0.1, 0.15) is 5.82 Å². The van der Waals surface area contributed by atoms with E-state index >= 15 is 0 Å². The van der Waals surface area contributed by atoms with Gasteiger partial charge in [-0.1, -0.05) is 26.7 Å². The quantitative estimate of drug-likeness (QED) is 0.822. The molecule has 1 unspecified atom stereocenters. The number of nitrogens with one attached hydrogen (secondary N) is 1. The highest BCUT2D eigenvalue weighted by Crippen LogP contribution is 2.57. The van der Waals surface area contributed by atoms with E-state index in [1.807, 2.05) is 6.92 Å². The molecule has 4 heteroatoms. The van der Waals surface area contributed by atoms with Gasteiger partial charge in [0.05, 0.1) is 0 Å². The van der Waals surface area contributed by atoms with Crippen molar-refractivity contribution in [1.29, 1.82) is 0 Å². The van der Waals surface area contributed by atoms with Crippen LogP contribution in [0.4, 0.5) is 11.8 Å². The Kier molecular flexibility index (Phi) is 3.22. The molecule has 1 heterocycles. The Morgan fingerprint density at radius 1 is 1.47 bits per heavy atom. The van der Waals surface area contributed by atoms with Gasteiger partial charge < -0.3 is 11.1 Å². The van der Waals surface area contributed by atoms with E-state index in [0.29, 0.717) is 17.2 Å². The van der Waals surface area contributed by atoms with Gasteiger partial charge in [-0.2, -0.15) is 4.98 Å². The van der Waals surface area contributed by atoms with E-state index in [0.717, 1.165) is 18.0 Å². The van der Waals surface area contributed by atoms with Crippen LogP contribution in [-0.2, 0) is 0 Å². The number of rotatable bonds is 5. The van der Waals surface area contributed by atoms with Crippen molar-refractivity contribution in [3.63, 3.8) is 0 Å². The van der Waals surface area contributed by atoms with Crippen LogP contribution in [0.2, 0.25) is 0 Å². The Morgan fingerprint density at radius 3 is 2.71 bits per heavy atom. The molecule has 1 fully saturated rings. The molecule has 2 rings (SSSR count). The fourth-order valence-electron chi connectivity index (χ4n) is 2.59. The van der Waals surface area contributed by atoms with Crippen molar-refractivity contribution in [2.24, 2.45) is 11.3 Å². The Labute approximate surface area is 103 Å². The number of hydrogen-bond acceptors (Lipinski definition) is 4. The van der Waals surface area contributed by atoms with Gasteiger partial charge in [0.2, 0.25) is 5.95 Å². The Bertz CT molecular complexity index is 398. The predicted octanol–water partition coefficient (Wildman–Crippen LogP) is 2.61. The summed E-state index contributed by atoms with van der Waals surface area (Å²) in [5, 5.41) is 3.30. The third-order valence-corrected chi connectivity index (χ3v) is 4.28. The summed E-state index contributed by atoms with van der Waals surface area (Å²) in [5.74, 6) is 1.99. The molecular formula is C13H22N4. The van der Waals surface area contributed by atoms with Crippen molar-refractivity contribution in [3.05, 3.63) is 11.8 Å². The zero-order valence-electron chi connectivity index (χ0n) is 11.0. The molecule has 0 radical (unpaired) electrons. The van der Waals surface area contributed by atoms with E-state index in [4.69, 9.17) is 5.73 Å². The topological polar surface area (TPSA) is 63.8 Å². The summed E-state index contributed by atoms with van der Waals surface area (Å²) in [6, 6.07) is 0. The van der Waals surface area contributed by atoms with E-state index in [2.05, 4.69) is 29.1 Å². The van der Waals surface area contributed by atoms with E-state index in [1.54, 1.807) is 6.20 Å². The van der Waals surface area contributed by atoms with Crippen molar-refractivity contribution < 1.29 is 0 Å². The maximum atomic E-state index is 5.76. The molecule has 1 saturated carbocycles. The second-order valence-corrected chi connectivity index (χ2v) is 5.11. The highest BCUT2D eigenvalue weighted by atomic mass is 15.1. The summed E-state index contributed by atoms with van der Waals surface area (Å²) >= 11 is 0. The molecule has 1 aliphatic rings. The number of nitrogens with zero attached hydrogens (tertiary/aromatic N) is 2. The second kappa shape index (κ2) is 4.51. The summed E-state index contributed by atoms with van der Waals surface area (Å²) in [6.45, 7) is 7.44. The molecule has 1 aromatic heterocycles. The minimum absolute atomic E-state index is 0.565. The van der Waals surface area contributed by atoms with Crippen molar-refractivity contribution in [2.45, 2.75) is 40.0 Å². The zero-order chi connectivity index (χ0) is 12.5. The molecule has 0 amide bonds. The maximum Gasteiger partial charge on any atom is 0.224 e. The van der Waals surface area contributed by atoms with Gasteiger partial charge in [0, 0.05) is 18.3 Å². The average molecular weight is 234 g/mol. The predicted molar refractivity (Wildman–Crippen MR) is 70.8 cm³/mol. The molecular weight excluding hydrogens is 212 g/mol. The van der Waals surface area contributed by atoms with Gasteiger partial charge in [-0.3, -0.25) is 0 Å². The summed E-state index contributed by atoms with van der Waals surface area (Å²) < 4.78 is 0. The number of nitrogen functional groups attached to an aromatic ring is 1. The van der Waals surface area contributed by atoms with Crippen LogP contribution in [0, 0.1) is 18.3 Å². The van der Waals surface area contributed by atoms with Gasteiger partial charge >= 0.3 is 0 Å². The third kappa shape index (κ3) is 2.35. The molecule has 94 valence electrons. The van der Waals surface area contributed by atoms with Crippen LogP contribution in [0.25, 0.3) is 0 Å². The fraction of sp³-hybridized carbons (Fsp3) is 0.692. The van der Waals surface area contributed by atoms with Gasteiger partial charge in [-0.25, -0.2) is 4.98 Å². The van der Waals surface area contributed by atoms with Gasteiger partial charge in [-0.05, 0) is 24.7 Å². The Balaban J connectivity index is 1.89. The van der Waals surface area contributed by atoms with Crippen molar-refractivity contribution in [3.8, 4) is 0 Å². The molecule has 0 aliphatic heterocycles. The normalized spacial score (nSPS) is 21.2. The largest absolute Gasteiger partial charge is 0.383 e. The number of anilines is 2. The molecule has 4 nitrogen and oxygen atoms in total. The fourth-order valence-corrected chi connectivity index (χ4v) is 2.59. The number of hydrogen-bond donors (Lipinski definition) is 2. The number of nitrogens with two attached hydrogens (primary N) is 1. The summed E-state index contributed by atoms with van der Waals surface area (Å²) in [7, 11) is 0. The molecule has 17 heavy (non-hydrogen) atoms. The van der Waals surface area contributed by atoms with Crippen LogP contribution in [0.15, 0.2) is 6.20 Å². The van der Waals surface area contributed by atoms with Gasteiger partial charge in [-0.15, -0.1) is 0 Å². The van der Waals surface area contributed by atoms with E-state index in [-0.39, 0.29) is 0 Å². The standard InChI is InChI=1S/C13H22N4/c1-4-13(5-2)6-10(13)8-16-12-15-7-9(3)11(14)17-12/h7,10H,4-6,8H2,1-3H3,(H3,14,15,16,17). The number of aryl methyl sites for hydroxylation is 1. The van der Waals surface area contributed by atoms with Crippen LogP contribution in [-0.4, -0.2) is 16.5 Å². The number of aromatic nitrogens is 2. The van der Waals surface area contributed by atoms with E-state index < -0.39 is 0 Å². The lowest BCUT2D eigenvalue weighted by Crippen LogP contribution is -2.12. The first-order chi connectivity index (χ1) is 8.11. The monoisotopic (exact) mass is 234 g/mol. The second-order valence-electron chi connectivity index (χ2n) is 5.11. The first kappa shape index (κ1) is 12.1. The van der Waals surface area contributed by atoms with Crippen molar-refractivity contribution in [2.75, 3.05) is 17.6 Å². The molecule has 0 saturated heterocycles. The van der Waals surface area contributed by atoms with Crippen LogP contribution in [0.5, 0.6) is 0 Å². The SMILES string of the molecule is CCC1(CC)CC1CNc1ncc(C)c(N)n1. The minimum atomic E-state index is 0.565. The van der Waals surface area contributed by atoms with Gasteiger partial charge in [0.25, 0.3) is 0 Å². The van der Waals surface area contributed by atoms with Crippen LogP contribution in [0.1, 0.15) is 38.7 Å². The molecule has 3 N–H and O–H groups in total. The Morgan fingerprint density at radius 2 is 2.18 bits per heavy atom. The molecule has 1 atom stereocenters. The lowest BCUT2D eigenvalue weighted by atomic mass is 9.97. The van der Waals surface area contributed by atoms with Crippen molar-refractivity contribution >= 4 is 11.8 Å². The molecule has 0 bridgehead atoms. The molecule has 1 aliphatic carbocycles. The highest BCUT2D eigenvalue weighted by molar-refractivity contribution is 5.42. The van der Waals surface area contributed by atoms with Gasteiger partial charge in [0.15, 0.2) is 0 Å². The van der Waals surface area contributed by atoms with E-state index in [1.165, 1.54) is 19.3 Å².